The Kier molecular flexibility index (Phi) is 5.76. The number of hydrogen-bond donors (Lipinski definition) is 1. The van der Waals surface area contributed by atoms with Crippen molar-refractivity contribution in [1.82, 2.24) is 35.1 Å². The minimum atomic E-state index is -0.251. The van der Waals surface area contributed by atoms with E-state index in [2.05, 4.69) is 60.8 Å². The molecule has 0 radical (unpaired) electrons. The van der Waals surface area contributed by atoms with E-state index in [0.717, 1.165) is 22.9 Å². The first-order valence-electron chi connectivity index (χ1n) is 11.1. The van der Waals surface area contributed by atoms with Gasteiger partial charge in [-0.1, -0.05) is 44.5 Å². The van der Waals surface area contributed by atoms with E-state index in [0.29, 0.717) is 29.4 Å². The van der Waals surface area contributed by atoms with Crippen molar-refractivity contribution < 1.29 is 9.32 Å². The van der Waals surface area contributed by atoms with Crippen molar-refractivity contribution in [3.63, 3.8) is 0 Å². The molecule has 4 aromatic heterocycles. The van der Waals surface area contributed by atoms with Crippen LogP contribution in [0, 0.1) is 0 Å². The number of nitrogens with one attached hydrogen (secondary N) is 1. The van der Waals surface area contributed by atoms with Gasteiger partial charge in [-0.3, -0.25) is 4.79 Å². The van der Waals surface area contributed by atoms with Gasteiger partial charge in [-0.25, -0.2) is 29.9 Å². The molecule has 1 N–H and O–H groups in total. The first-order chi connectivity index (χ1) is 16.7. The summed E-state index contributed by atoms with van der Waals surface area (Å²) in [6.45, 7) is 8.11. The number of carbonyl (C=O) groups is 1. The van der Waals surface area contributed by atoms with Gasteiger partial charge >= 0.3 is 0 Å². The fourth-order valence-corrected chi connectivity index (χ4v) is 4.04. The highest BCUT2D eigenvalue weighted by Gasteiger charge is 2.27. The quantitative estimate of drug-likeness (QED) is 0.386. The van der Waals surface area contributed by atoms with Gasteiger partial charge in [0.15, 0.2) is 11.6 Å². The molecule has 1 aliphatic rings. The number of aromatic amines is 1. The number of aliphatic imine (C=N–C) groups is 1. The van der Waals surface area contributed by atoms with Gasteiger partial charge in [0.1, 0.15) is 40.7 Å². The molecule has 0 amide bonds. The predicted octanol–water partition coefficient (Wildman–Crippen LogP) is 4.65. The number of halogens is 1. The highest BCUT2D eigenvalue weighted by atomic mass is 35.5. The first kappa shape index (κ1) is 23.0. The van der Waals surface area contributed by atoms with E-state index in [-0.39, 0.29) is 34.3 Å². The van der Waals surface area contributed by atoms with Crippen LogP contribution >= 0.6 is 11.6 Å². The Hall–Kier alpha value is -3.79. The number of Topliss-reactive ketones (excluding diaryl/α,β-unsaturated/α-hetero) is 1. The van der Waals surface area contributed by atoms with Gasteiger partial charge in [0.25, 0.3) is 0 Å². The Morgan fingerprint density at radius 1 is 1.23 bits per heavy atom. The molecular weight excluding hydrogens is 468 g/mol. The lowest BCUT2D eigenvalue weighted by molar-refractivity contribution is 0.0967. The van der Waals surface area contributed by atoms with E-state index in [9.17, 15) is 4.79 Å². The van der Waals surface area contributed by atoms with Gasteiger partial charge in [-0.05, 0) is 0 Å². The van der Waals surface area contributed by atoms with Crippen molar-refractivity contribution in [3.05, 3.63) is 64.7 Å². The number of fused-ring (bicyclic) bond motifs is 1. The molecule has 0 bridgehead atoms. The largest absolute Gasteiger partial charge is 0.360 e. The summed E-state index contributed by atoms with van der Waals surface area (Å²) in [6, 6.07) is 1.82. The highest BCUT2D eigenvalue weighted by molar-refractivity contribution is 6.35. The normalized spacial score (nSPS) is 14.0. The second-order valence-electron chi connectivity index (χ2n) is 9.48. The van der Waals surface area contributed by atoms with Crippen molar-refractivity contribution >= 4 is 28.8 Å². The molecule has 0 aromatic carbocycles. The monoisotopic (exact) mass is 490 g/mol. The second-order valence-corrected chi connectivity index (χ2v) is 9.85. The number of imidazole rings is 1. The van der Waals surface area contributed by atoms with Crippen LogP contribution < -0.4 is 0 Å². The molecule has 5 rings (SSSR count). The summed E-state index contributed by atoms with van der Waals surface area (Å²) in [7, 11) is 0. The molecule has 0 fully saturated rings. The minimum Gasteiger partial charge on any atom is -0.360 e. The van der Waals surface area contributed by atoms with Gasteiger partial charge in [-0.2, -0.15) is 0 Å². The maximum atomic E-state index is 13.0. The van der Waals surface area contributed by atoms with Crippen molar-refractivity contribution in [3.8, 4) is 11.5 Å². The molecule has 0 saturated carbocycles. The van der Waals surface area contributed by atoms with Crippen LogP contribution in [-0.2, 0) is 11.8 Å². The summed E-state index contributed by atoms with van der Waals surface area (Å²) in [5, 5.41) is 4.35. The second kappa shape index (κ2) is 8.77. The van der Waals surface area contributed by atoms with Crippen molar-refractivity contribution in [2.24, 2.45) is 4.99 Å². The summed E-state index contributed by atoms with van der Waals surface area (Å²) in [5.41, 5.74) is 3.37. The van der Waals surface area contributed by atoms with Crippen LogP contribution in [0.25, 0.3) is 11.5 Å². The molecule has 11 heteroatoms. The highest BCUT2D eigenvalue weighted by Crippen LogP contribution is 2.31. The number of ketones is 1. The molecule has 0 saturated heterocycles. The molecule has 10 nitrogen and oxygen atoms in total. The fourth-order valence-electron chi connectivity index (χ4n) is 3.74. The summed E-state index contributed by atoms with van der Waals surface area (Å²) < 4.78 is 5.57. The van der Waals surface area contributed by atoms with Crippen molar-refractivity contribution in [2.75, 3.05) is 0 Å². The molecule has 1 atom stereocenters. The lowest BCUT2D eigenvalue weighted by atomic mass is 9.95. The van der Waals surface area contributed by atoms with Crippen LogP contribution in [-0.4, -0.2) is 46.6 Å². The van der Waals surface area contributed by atoms with Gasteiger partial charge in [-0.15, -0.1) is 0 Å². The summed E-state index contributed by atoms with van der Waals surface area (Å²) >= 11 is 6.43. The topological polar surface area (TPSA) is 136 Å². The summed E-state index contributed by atoms with van der Waals surface area (Å²) in [6.07, 6.45) is 6.98. The average Bonchev–Trinajstić information content (AvgIpc) is 3.58. The molecule has 35 heavy (non-hydrogen) atoms. The number of carbonyl (C=O) groups excluding carboxylic acids is 1. The van der Waals surface area contributed by atoms with E-state index >= 15 is 0 Å². The van der Waals surface area contributed by atoms with Gasteiger partial charge in [0.2, 0.25) is 0 Å². The van der Waals surface area contributed by atoms with E-state index in [4.69, 9.17) is 16.1 Å². The van der Waals surface area contributed by atoms with E-state index < -0.39 is 0 Å². The van der Waals surface area contributed by atoms with E-state index in [1.807, 2.05) is 13.0 Å². The standard InChI is InChI=1S/C24H23ClN8O2/c1-12(7-17(34)20-19(25)21(30-11-29-20)22-26-5-6-27-22)18-9-15(33-35-18)13-8-14-16(31-13)10-28-23(32-14)24(2,3)4/h5-6,9-12H,7-8H2,1-4H3,(H,26,27)/t12-/m0/s1. The number of aromatic nitrogens is 7. The number of hydrogen-bond acceptors (Lipinski definition) is 9. The Morgan fingerprint density at radius 3 is 2.80 bits per heavy atom. The molecular formula is C24H23ClN8O2. The zero-order chi connectivity index (χ0) is 24.7. The maximum Gasteiger partial charge on any atom is 0.183 e. The third kappa shape index (κ3) is 4.49. The smallest absolute Gasteiger partial charge is 0.183 e. The van der Waals surface area contributed by atoms with Crippen molar-refractivity contribution in [2.45, 2.75) is 51.9 Å². The van der Waals surface area contributed by atoms with Gasteiger partial charge in [0.05, 0.1) is 22.6 Å². The van der Waals surface area contributed by atoms with Crippen LogP contribution in [0.1, 0.15) is 73.5 Å². The van der Waals surface area contributed by atoms with E-state index in [1.54, 1.807) is 18.6 Å². The van der Waals surface area contributed by atoms with Crippen LogP contribution in [0.2, 0.25) is 5.02 Å². The van der Waals surface area contributed by atoms with Crippen LogP contribution in [0.4, 0.5) is 5.69 Å². The predicted molar refractivity (Wildman–Crippen MR) is 129 cm³/mol. The molecule has 0 aliphatic carbocycles. The molecule has 1 aliphatic heterocycles. The average molecular weight is 491 g/mol. The lowest BCUT2D eigenvalue weighted by Gasteiger charge is -2.16. The van der Waals surface area contributed by atoms with Gasteiger partial charge in [0, 0.05) is 42.6 Å². The Balaban J connectivity index is 1.30. The molecule has 4 aromatic rings. The molecule has 0 spiro atoms. The fraction of sp³-hybridized carbons (Fsp3) is 0.333. The Morgan fingerprint density at radius 2 is 2.06 bits per heavy atom. The zero-order valence-electron chi connectivity index (χ0n) is 19.7. The SMILES string of the molecule is C[C@@H](CC(=O)c1ncnc(-c2ncc[nH]2)c1Cl)c1cc(C2=Nc3cnc(C(C)(C)C)nc3C2)no1. The lowest BCUT2D eigenvalue weighted by Crippen LogP contribution is -2.16. The van der Waals surface area contributed by atoms with Gasteiger partial charge < -0.3 is 9.51 Å². The zero-order valence-corrected chi connectivity index (χ0v) is 20.5. The number of rotatable bonds is 6. The molecule has 0 unspecified atom stereocenters. The minimum absolute atomic E-state index is 0.135. The van der Waals surface area contributed by atoms with E-state index in [1.165, 1.54) is 6.33 Å². The third-order valence-electron chi connectivity index (χ3n) is 5.68. The molecule has 178 valence electrons. The third-order valence-corrected chi connectivity index (χ3v) is 6.04. The Bertz CT molecular complexity index is 1440. The summed E-state index contributed by atoms with van der Waals surface area (Å²) in [5.74, 6) is 1.34. The number of H-pyrrole nitrogens is 1. The van der Waals surface area contributed by atoms with Crippen molar-refractivity contribution in [1.29, 1.82) is 0 Å². The van der Waals surface area contributed by atoms with Crippen LogP contribution in [0.5, 0.6) is 0 Å². The van der Waals surface area contributed by atoms with Crippen LogP contribution in [0.15, 0.2) is 40.5 Å². The number of nitrogens with zero attached hydrogens (tertiary/aromatic N) is 7. The van der Waals surface area contributed by atoms with Crippen LogP contribution in [0.3, 0.4) is 0 Å². The Labute approximate surface area is 206 Å². The summed E-state index contributed by atoms with van der Waals surface area (Å²) in [4.78, 5) is 42.1. The first-order valence-corrected chi connectivity index (χ1v) is 11.5. The maximum absolute atomic E-state index is 13.0. The molecule has 5 heterocycles.